The number of amides is 2. The zero-order valence-electron chi connectivity index (χ0n) is 19.7. The molecule has 0 spiro atoms. The fourth-order valence-corrected chi connectivity index (χ4v) is 3.95. The average molecular weight is 458 g/mol. The molecule has 1 heterocycles. The van der Waals surface area contributed by atoms with Crippen molar-refractivity contribution in [2.45, 2.75) is 20.5 Å². The van der Waals surface area contributed by atoms with Crippen molar-refractivity contribution in [1.29, 1.82) is 0 Å². The van der Waals surface area contributed by atoms with Gasteiger partial charge in [-0.15, -0.1) is 0 Å². The number of ether oxygens (including phenoxy) is 1. The van der Waals surface area contributed by atoms with Gasteiger partial charge in [-0.1, -0.05) is 44.2 Å². The van der Waals surface area contributed by atoms with Crippen LogP contribution in [-0.4, -0.2) is 42.9 Å². The third-order valence-corrected chi connectivity index (χ3v) is 5.94. The number of hydrogen-bond acceptors (Lipinski definition) is 4. The molecule has 3 aromatic carbocycles. The van der Waals surface area contributed by atoms with Crippen LogP contribution in [0.4, 0.5) is 11.4 Å². The molecule has 0 radical (unpaired) electrons. The lowest BCUT2D eigenvalue weighted by Gasteiger charge is -2.37. The Morgan fingerprint density at radius 2 is 1.50 bits per heavy atom. The third-order valence-electron chi connectivity index (χ3n) is 5.94. The molecule has 1 saturated heterocycles. The molecule has 0 unspecified atom stereocenters. The Morgan fingerprint density at radius 1 is 0.853 bits per heavy atom. The summed E-state index contributed by atoms with van der Waals surface area (Å²) in [6.07, 6.45) is 0. The van der Waals surface area contributed by atoms with Crippen molar-refractivity contribution in [3.8, 4) is 5.75 Å². The zero-order chi connectivity index (χ0) is 23.9. The van der Waals surface area contributed by atoms with Crippen LogP contribution in [0.3, 0.4) is 0 Å². The smallest absolute Gasteiger partial charge is 0.255 e. The van der Waals surface area contributed by atoms with Gasteiger partial charge in [0.25, 0.3) is 5.91 Å². The number of benzene rings is 3. The van der Waals surface area contributed by atoms with E-state index < -0.39 is 0 Å². The highest BCUT2D eigenvalue weighted by atomic mass is 16.5. The van der Waals surface area contributed by atoms with E-state index in [9.17, 15) is 9.59 Å². The van der Waals surface area contributed by atoms with Crippen LogP contribution in [0.1, 0.15) is 29.8 Å². The normalized spacial score (nSPS) is 13.6. The second-order valence-corrected chi connectivity index (χ2v) is 8.77. The Hall–Kier alpha value is -3.80. The molecular formula is C28H31N3O3. The Balaban J connectivity index is 1.28. The molecule has 176 valence electrons. The number of nitrogens with one attached hydrogen (secondary N) is 1. The molecule has 34 heavy (non-hydrogen) atoms. The van der Waals surface area contributed by atoms with Gasteiger partial charge in [0.15, 0.2) is 0 Å². The predicted molar refractivity (Wildman–Crippen MR) is 135 cm³/mol. The maximum Gasteiger partial charge on any atom is 0.255 e. The second kappa shape index (κ2) is 10.9. The number of nitrogens with zero attached hydrogens (tertiary/aromatic N) is 2. The largest absolute Gasteiger partial charge is 0.489 e. The number of carbonyl (C=O) groups excluding carboxylic acids is 2. The minimum atomic E-state index is -0.164. The van der Waals surface area contributed by atoms with Crippen molar-refractivity contribution in [3.05, 3.63) is 90.0 Å². The number of carbonyl (C=O) groups is 2. The first kappa shape index (κ1) is 23.4. The van der Waals surface area contributed by atoms with Gasteiger partial charge in [-0.3, -0.25) is 9.59 Å². The quantitative estimate of drug-likeness (QED) is 0.552. The zero-order valence-corrected chi connectivity index (χ0v) is 19.7. The highest BCUT2D eigenvalue weighted by molar-refractivity contribution is 6.04. The molecule has 6 heteroatoms. The van der Waals surface area contributed by atoms with Gasteiger partial charge < -0.3 is 19.9 Å². The SMILES string of the molecule is CC(C)C(=O)N1CCN(c2ccc(NC(=O)c3ccc(OCc4ccccc4)cc3)cc2)CC1. The molecule has 1 aliphatic heterocycles. The summed E-state index contributed by atoms with van der Waals surface area (Å²) in [5.74, 6) is 0.809. The lowest BCUT2D eigenvalue weighted by molar-refractivity contribution is -0.134. The second-order valence-electron chi connectivity index (χ2n) is 8.77. The molecule has 3 aromatic rings. The lowest BCUT2D eigenvalue weighted by Crippen LogP contribution is -2.49. The number of piperazine rings is 1. The summed E-state index contributed by atoms with van der Waals surface area (Å²) >= 11 is 0. The molecule has 0 bridgehead atoms. The summed E-state index contributed by atoms with van der Waals surface area (Å²) in [5.41, 5.74) is 3.50. The summed E-state index contributed by atoms with van der Waals surface area (Å²) in [6, 6.07) is 25.0. The summed E-state index contributed by atoms with van der Waals surface area (Å²) in [6.45, 7) is 7.46. The molecule has 0 atom stereocenters. The van der Waals surface area contributed by atoms with E-state index in [-0.39, 0.29) is 17.7 Å². The Labute approximate surface area is 201 Å². The molecule has 6 nitrogen and oxygen atoms in total. The van der Waals surface area contributed by atoms with E-state index >= 15 is 0 Å². The highest BCUT2D eigenvalue weighted by Crippen LogP contribution is 2.21. The van der Waals surface area contributed by atoms with Gasteiger partial charge in [0, 0.05) is 49.0 Å². The van der Waals surface area contributed by atoms with Crippen LogP contribution >= 0.6 is 0 Å². The van der Waals surface area contributed by atoms with Gasteiger partial charge in [0.2, 0.25) is 5.91 Å². The summed E-state index contributed by atoms with van der Waals surface area (Å²) in [4.78, 5) is 29.0. The van der Waals surface area contributed by atoms with Gasteiger partial charge in [0.1, 0.15) is 12.4 Å². The van der Waals surface area contributed by atoms with Crippen LogP contribution in [0.5, 0.6) is 5.75 Å². The monoisotopic (exact) mass is 457 g/mol. The van der Waals surface area contributed by atoms with E-state index in [2.05, 4.69) is 10.2 Å². The van der Waals surface area contributed by atoms with Crippen molar-refractivity contribution in [2.24, 2.45) is 5.92 Å². The molecule has 0 aromatic heterocycles. The first-order valence-corrected chi connectivity index (χ1v) is 11.7. The molecule has 4 rings (SSSR count). The van der Waals surface area contributed by atoms with E-state index in [0.29, 0.717) is 12.2 Å². The fourth-order valence-electron chi connectivity index (χ4n) is 3.95. The van der Waals surface area contributed by atoms with Crippen LogP contribution in [0.15, 0.2) is 78.9 Å². The average Bonchev–Trinajstić information content (AvgIpc) is 2.88. The maximum absolute atomic E-state index is 12.6. The summed E-state index contributed by atoms with van der Waals surface area (Å²) < 4.78 is 5.79. The van der Waals surface area contributed by atoms with Gasteiger partial charge in [-0.2, -0.15) is 0 Å². The molecule has 1 aliphatic rings. The van der Waals surface area contributed by atoms with E-state index in [4.69, 9.17) is 4.74 Å². The van der Waals surface area contributed by atoms with E-state index in [1.165, 1.54) is 0 Å². The minimum Gasteiger partial charge on any atom is -0.489 e. The standard InChI is InChI=1S/C28H31N3O3/c1-21(2)28(33)31-18-16-30(17-19-31)25-12-10-24(11-13-25)29-27(32)23-8-14-26(15-9-23)34-20-22-6-4-3-5-7-22/h3-15,21H,16-20H2,1-2H3,(H,29,32). The van der Waals surface area contributed by atoms with Gasteiger partial charge in [0.05, 0.1) is 0 Å². The Kier molecular flexibility index (Phi) is 7.48. The third kappa shape index (κ3) is 5.95. The molecular weight excluding hydrogens is 426 g/mol. The molecule has 1 N–H and O–H groups in total. The number of anilines is 2. The van der Waals surface area contributed by atoms with Crippen molar-refractivity contribution >= 4 is 23.2 Å². The summed E-state index contributed by atoms with van der Waals surface area (Å²) in [7, 11) is 0. The Morgan fingerprint density at radius 3 is 2.12 bits per heavy atom. The minimum absolute atomic E-state index is 0.0347. The van der Waals surface area contributed by atoms with Crippen molar-refractivity contribution in [2.75, 3.05) is 36.4 Å². The van der Waals surface area contributed by atoms with Crippen LogP contribution in [-0.2, 0) is 11.4 Å². The molecule has 0 saturated carbocycles. The van der Waals surface area contributed by atoms with E-state index in [1.54, 1.807) is 12.1 Å². The van der Waals surface area contributed by atoms with Crippen molar-refractivity contribution in [1.82, 2.24) is 4.90 Å². The van der Waals surface area contributed by atoms with Crippen molar-refractivity contribution in [3.63, 3.8) is 0 Å². The highest BCUT2D eigenvalue weighted by Gasteiger charge is 2.22. The Bertz CT molecular complexity index is 1090. The van der Waals surface area contributed by atoms with Crippen LogP contribution < -0.4 is 15.0 Å². The predicted octanol–water partition coefficient (Wildman–Crippen LogP) is 4.82. The first-order valence-electron chi connectivity index (χ1n) is 11.7. The first-order chi connectivity index (χ1) is 16.5. The van der Waals surface area contributed by atoms with Crippen molar-refractivity contribution < 1.29 is 14.3 Å². The molecule has 0 aliphatic carbocycles. The van der Waals surface area contributed by atoms with E-state index in [1.807, 2.05) is 85.5 Å². The number of hydrogen-bond donors (Lipinski definition) is 1. The van der Waals surface area contributed by atoms with Gasteiger partial charge in [-0.25, -0.2) is 0 Å². The number of rotatable bonds is 7. The maximum atomic E-state index is 12.6. The molecule has 1 fully saturated rings. The van der Waals surface area contributed by atoms with Crippen LogP contribution in [0.25, 0.3) is 0 Å². The fraction of sp³-hybridized carbons (Fsp3) is 0.286. The van der Waals surface area contributed by atoms with Gasteiger partial charge >= 0.3 is 0 Å². The lowest BCUT2D eigenvalue weighted by atomic mass is 10.1. The molecule has 2 amide bonds. The van der Waals surface area contributed by atoms with Crippen LogP contribution in [0, 0.1) is 5.92 Å². The van der Waals surface area contributed by atoms with Crippen LogP contribution in [0.2, 0.25) is 0 Å². The van der Waals surface area contributed by atoms with E-state index in [0.717, 1.165) is 48.9 Å². The van der Waals surface area contributed by atoms with Gasteiger partial charge in [-0.05, 0) is 54.1 Å². The topological polar surface area (TPSA) is 61.9 Å². The summed E-state index contributed by atoms with van der Waals surface area (Å²) in [5, 5.41) is 2.95.